The van der Waals surface area contributed by atoms with Gasteiger partial charge >= 0.3 is 18.0 Å². The number of nitrogens with one attached hydrogen (secondary N) is 1. The van der Waals surface area contributed by atoms with Gasteiger partial charge in [0.15, 0.2) is 5.78 Å². The average molecular weight is 523 g/mol. The molecule has 2 aliphatic heterocycles. The predicted molar refractivity (Wildman–Crippen MR) is 135 cm³/mol. The lowest BCUT2D eigenvalue weighted by atomic mass is 9.92. The summed E-state index contributed by atoms with van der Waals surface area (Å²) in [4.78, 5) is 65.6. The number of methoxy groups -OCH3 is 1. The van der Waals surface area contributed by atoms with Crippen molar-refractivity contribution in [1.82, 2.24) is 10.2 Å². The number of fused-ring (bicyclic) bond motifs is 1. The van der Waals surface area contributed by atoms with Crippen LogP contribution in [0.2, 0.25) is 0 Å². The first-order chi connectivity index (χ1) is 17.1. The van der Waals surface area contributed by atoms with Crippen LogP contribution in [0.5, 0.6) is 0 Å². The Kier molecular flexibility index (Phi) is 10.3. The Balaban J connectivity index is 2.20. The fourth-order valence-corrected chi connectivity index (χ4v) is 4.60. The summed E-state index contributed by atoms with van der Waals surface area (Å²) >= 11 is 0. The fraction of sp³-hybridized carbons (Fsp3) is 0.741. The van der Waals surface area contributed by atoms with Gasteiger partial charge in [0.1, 0.15) is 17.2 Å². The normalized spacial score (nSPS) is 23.7. The predicted octanol–water partition coefficient (Wildman–Crippen LogP) is 3.46. The van der Waals surface area contributed by atoms with Gasteiger partial charge in [-0.2, -0.15) is 0 Å². The number of ketones is 1. The zero-order chi connectivity index (χ0) is 28.0. The first kappa shape index (κ1) is 30.3. The monoisotopic (exact) mass is 522 g/mol. The second kappa shape index (κ2) is 12.6. The van der Waals surface area contributed by atoms with E-state index in [9.17, 15) is 24.0 Å². The van der Waals surface area contributed by atoms with Crippen molar-refractivity contribution in [3.63, 3.8) is 0 Å². The van der Waals surface area contributed by atoms with Crippen molar-refractivity contribution in [2.24, 2.45) is 5.92 Å². The lowest BCUT2D eigenvalue weighted by Crippen LogP contribution is -2.54. The number of ether oxygens (including phenoxy) is 3. The molecule has 208 valence electrons. The Morgan fingerprint density at radius 3 is 2.22 bits per heavy atom. The third kappa shape index (κ3) is 9.48. The van der Waals surface area contributed by atoms with Crippen LogP contribution in [0.3, 0.4) is 0 Å². The molecule has 1 fully saturated rings. The van der Waals surface area contributed by atoms with Gasteiger partial charge in [-0.1, -0.05) is 12.2 Å². The topological polar surface area (TPSA) is 128 Å². The summed E-state index contributed by atoms with van der Waals surface area (Å²) in [5, 5.41) is 2.55. The number of hydrogen-bond acceptors (Lipinski definition) is 8. The Labute approximate surface area is 219 Å². The van der Waals surface area contributed by atoms with Gasteiger partial charge in [-0.3, -0.25) is 19.2 Å². The highest BCUT2D eigenvalue weighted by molar-refractivity contribution is 5.94. The van der Waals surface area contributed by atoms with Crippen LogP contribution >= 0.6 is 0 Å². The molecule has 0 radical (unpaired) electrons. The number of alkyl carbamates (subject to hydrolysis) is 1. The maximum atomic E-state index is 13.5. The van der Waals surface area contributed by atoms with E-state index in [0.717, 1.165) is 0 Å². The zero-order valence-electron chi connectivity index (χ0n) is 23.1. The van der Waals surface area contributed by atoms with Crippen LogP contribution in [-0.2, 0) is 33.4 Å². The van der Waals surface area contributed by atoms with Crippen molar-refractivity contribution in [2.45, 2.75) is 116 Å². The van der Waals surface area contributed by atoms with Crippen molar-refractivity contribution in [3.8, 4) is 0 Å². The van der Waals surface area contributed by atoms with Crippen LogP contribution in [0, 0.1) is 5.92 Å². The molecule has 0 aromatic carbocycles. The molecule has 2 aliphatic rings. The molecule has 2 heterocycles. The summed E-state index contributed by atoms with van der Waals surface area (Å²) in [7, 11) is 1.22. The molecular weight excluding hydrogens is 480 g/mol. The highest BCUT2D eigenvalue weighted by atomic mass is 16.6. The maximum Gasteiger partial charge on any atom is 0.407 e. The number of esters is 2. The smallest absolute Gasteiger partial charge is 0.407 e. The van der Waals surface area contributed by atoms with Gasteiger partial charge in [0.05, 0.1) is 19.1 Å². The van der Waals surface area contributed by atoms with E-state index in [2.05, 4.69) is 10.1 Å². The van der Waals surface area contributed by atoms with Crippen molar-refractivity contribution >= 4 is 29.7 Å². The quantitative estimate of drug-likeness (QED) is 0.292. The minimum absolute atomic E-state index is 0.0414. The van der Waals surface area contributed by atoms with Gasteiger partial charge in [0.2, 0.25) is 5.91 Å². The molecule has 0 spiro atoms. The molecule has 0 aromatic heterocycles. The molecule has 1 N–H and O–H groups in total. The van der Waals surface area contributed by atoms with Gasteiger partial charge < -0.3 is 24.4 Å². The van der Waals surface area contributed by atoms with Gasteiger partial charge in [-0.25, -0.2) is 4.79 Å². The Morgan fingerprint density at radius 1 is 1.00 bits per heavy atom. The minimum atomic E-state index is -0.855. The van der Waals surface area contributed by atoms with Crippen LogP contribution in [0.4, 0.5) is 4.79 Å². The van der Waals surface area contributed by atoms with E-state index in [4.69, 9.17) is 9.47 Å². The number of carbonyl (C=O) groups excluding carboxylic acids is 5. The lowest BCUT2D eigenvalue weighted by molar-refractivity contribution is -0.162. The molecule has 10 heteroatoms. The summed E-state index contributed by atoms with van der Waals surface area (Å²) in [5.74, 6) is -2.49. The highest BCUT2D eigenvalue weighted by Gasteiger charge is 2.44. The summed E-state index contributed by atoms with van der Waals surface area (Å²) in [6, 6.07) is -1.76. The van der Waals surface area contributed by atoms with E-state index in [1.54, 1.807) is 46.4 Å². The standard InChI is InChI=1S/C27H42N2O8/c1-26(2,3)36-22(31)15-12-17(24(33)37-27(4,5)6)16-21(30)20-14-13-18-10-8-9-11-19(23(32)29(18)20)28-25(34)35-7/h8-9,17-20H,10-16H2,1-7H3,(H,28,34)/b9-8-/t17-,18-,19+,20+/m1/s1. The van der Waals surface area contributed by atoms with E-state index < -0.39 is 47.2 Å². The molecule has 1 saturated heterocycles. The number of nitrogens with zero attached hydrogens (tertiary/aromatic N) is 1. The van der Waals surface area contributed by atoms with E-state index >= 15 is 0 Å². The summed E-state index contributed by atoms with van der Waals surface area (Å²) < 4.78 is 15.5. The van der Waals surface area contributed by atoms with Crippen LogP contribution in [0.25, 0.3) is 0 Å². The third-order valence-corrected chi connectivity index (χ3v) is 6.16. The molecule has 0 aliphatic carbocycles. The van der Waals surface area contributed by atoms with Gasteiger partial charge in [-0.15, -0.1) is 0 Å². The molecular formula is C27H42N2O8. The number of hydrogen-bond donors (Lipinski definition) is 1. The first-order valence-electron chi connectivity index (χ1n) is 12.9. The van der Waals surface area contributed by atoms with Gasteiger partial charge in [0, 0.05) is 18.9 Å². The highest BCUT2D eigenvalue weighted by Crippen LogP contribution is 2.32. The van der Waals surface area contributed by atoms with E-state index in [1.165, 1.54) is 7.11 Å². The molecule has 0 unspecified atom stereocenters. The molecule has 0 aromatic rings. The van der Waals surface area contributed by atoms with Crippen LogP contribution in [-0.4, -0.2) is 71.1 Å². The number of rotatable bonds is 8. The Hall–Kier alpha value is -2.91. The lowest BCUT2D eigenvalue weighted by Gasteiger charge is -2.34. The SMILES string of the molecule is COC(=O)N[C@H]1C/C=C\C[C@@H]2CC[C@@H](C(=O)C[C@@H](CCC(=O)OC(C)(C)C)C(=O)OC(C)(C)C)N2C1=O. The molecule has 10 nitrogen and oxygen atoms in total. The van der Waals surface area contributed by atoms with E-state index in [0.29, 0.717) is 19.3 Å². The molecule has 2 rings (SSSR count). The fourth-order valence-electron chi connectivity index (χ4n) is 4.60. The summed E-state index contributed by atoms with van der Waals surface area (Å²) in [5.41, 5.74) is -1.43. The number of carbonyl (C=O) groups is 5. The van der Waals surface area contributed by atoms with Crippen molar-refractivity contribution in [2.75, 3.05) is 7.11 Å². The van der Waals surface area contributed by atoms with Crippen LogP contribution < -0.4 is 5.32 Å². The second-order valence-corrected chi connectivity index (χ2v) is 11.6. The second-order valence-electron chi connectivity index (χ2n) is 11.6. The number of amides is 2. The minimum Gasteiger partial charge on any atom is -0.460 e. The molecule has 0 saturated carbocycles. The Bertz CT molecular complexity index is 899. The van der Waals surface area contributed by atoms with Crippen molar-refractivity contribution in [3.05, 3.63) is 12.2 Å². The summed E-state index contributed by atoms with van der Waals surface area (Å²) in [6.07, 6.45) is 4.95. The van der Waals surface area contributed by atoms with Gasteiger partial charge in [-0.05, 0) is 73.6 Å². The van der Waals surface area contributed by atoms with Gasteiger partial charge in [0.25, 0.3) is 0 Å². The number of Topliss-reactive ketones (excluding diaryl/α,β-unsaturated/α-hetero) is 1. The van der Waals surface area contributed by atoms with Crippen molar-refractivity contribution < 1.29 is 38.2 Å². The maximum absolute atomic E-state index is 13.5. The third-order valence-electron chi connectivity index (χ3n) is 6.16. The average Bonchev–Trinajstić information content (AvgIpc) is 3.17. The molecule has 0 bridgehead atoms. The largest absolute Gasteiger partial charge is 0.460 e. The van der Waals surface area contributed by atoms with Crippen molar-refractivity contribution in [1.29, 1.82) is 0 Å². The van der Waals surface area contributed by atoms with E-state index in [-0.39, 0.29) is 43.4 Å². The Morgan fingerprint density at radius 2 is 1.62 bits per heavy atom. The molecule has 37 heavy (non-hydrogen) atoms. The van der Waals surface area contributed by atoms with E-state index in [1.807, 2.05) is 12.2 Å². The zero-order valence-corrected chi connectivity index (χ0v) is 23.1. The van der Waals surface area contributed by atoms with Crippen LogP contribution in [0.15, 0.2) is 12.2 Å². The molecule has 4 atom stereocenters. The molecule has 2 amide bonds. The first-order valence-corrected chi connectivity index (χ1v) is 12.9. The summed E-state index contributed by atoms with van der Waals surface area (Å²) in [6.45, 7) is 10.5. The van der Waals surface area contributed by atoms with Crippen LogP contribution in [0.1, 0.15) is 86.5 Å².